The zero-order valence-corrected chi connectivity index (χ0v) is 11.1. The van der Waals surface area contributed by atoms with Crippen LogP contribution in [0.1, 0.15) is 29.4 Å². The number of aromatic nitrogens is 3. The molecule has 2 heterocycles. The Morgan fingerprint density at radius 3 is 2.94 bits per heavy atom. The summed E-state index contributed by atoms with van der Waals surface area (Å²) in [6, 6.07) is 0. The molecule has 1 N–H and O–H groups in total. The van der Waals surface area contributed by atoms with Gasteiger partial charge >= 0.3 is 0 Å². The second kappa shape index (κ2) is 5.93. The fourth-order valence-corrected chi connectivity index (χ4v) is 2.45. The van der Waals surface area contributed by atoms with E-state index in [1.54, 1.807) is 11.3 Å². The predicted octanol–water partition coefficient (Wildman–Crippen LogP) is 2.06. The summed E-state index contributed by atoms with van der Waals surface area (Å²) in [4.78, 5) is 10.1. The van der Waals surface area contributed by atoms with Gasteiger partial charge in [-0.05, 0) is 13.0 Å². The van der Waals surface area contributed by atoms with Gasteiger partial charge in [0.2, 0.25) is 0 Å². The second-order valence-corrected chi connectivity index (χ2v) is 5.09. The topological polar surface area (TPSA) is 42.7 Å². The van der Waals surface area contributed by atoms with E-state index in [1.165, 1.54) is 4.88 Å². The normalized spacial score (nSPS) is 10.9. The lowest BCUT2D eigenvalue weighted by molar-refractivity contribution is 0.712. The first kappa shape index (κ1) is 12.3. The average Bonchev–Trinajstić information content (AvgIpc) is 2.96. The standard InChI is InChI=1S/C12H18N4S/c1-3-11-6-14-12(17-11)8-16-7-10(15-9-16)5-13-4-2/h6-7,9,13H,3-5,8H2,1-2H3. The molecule has 0 bridgehead atoms. The van der Waals surface area contributed by atoms with E-state index in [1.807, 2.05) is 12.5 Å². The third-order valence-electron chi connectivity index (χ3n) is 2.51. The number of imidazole rings is 1. The van der Waals surface area contributed by atoms with E-state index < -0.39 is 0 Å². The molecule has 0 saturated carbocycles. The van der Waals surface area contributed by atoms with Crippen LogP contribution in [0.5, 0.6) is 0 Å². The van der Waals surface area contributed by atoms with Crippen molar-refractivity contribution in [1.29, 1.82) is 0 Å². The van der Waals surface area contributed by atoms with Crippen LogP contribution in [0.4, 0.5) is 0 Å². The van der Waals surface area contributed by atoms with Gasteiger partial charge in [-0.2, -0.15) is 0 Å². The van der Waals surface area contributed by atoms with Crippen LogP contribution < -0.4 is 5.32 Å². The van der Waals surface area contributed by atoms with Crippen LogP contribution in [-0.4, -0.2) is 21.1 Å². The van der Waals surface area contributed by atoms with E-state index in [4.69, 9.17) is 0 Å². The zero-order valence-electron chi connectivity index (χ0n) is 10.3. The maximum Gasteiger partial charge on any atom is 0.113 e. The molecule has 2 rings (SSSR count). The van der Waals surface area contributed by atoms with Crippen molar-refractivity contribution in [3.8, 4) is 0 Å². The molecule has 0 amide bonds. The van der Waals surface area contributed by atoms with E-state index in [-0.39, 0.29) is 0 Å². The molecule has 5 heteroatoms. The maximum atomic E-state index is 4.41. The van der Waals surface area contributed by atoms with Crippen molar-refractivity contribution >= 4 is 11.3 Å². The first-order chi connectivity index (χ1) is 8.31. The van der Waals surface area contributed by atoms with Crippen molar-refractivity contribution in [3.05, 3.63) is 34.3 Å². The van der Waals surface area contributed by atoms with Gasteiger partial charge in [0.1, 0.15) is 5.01 Å². The minimum atomic E-state index is 0.823. The highest BCUT2D eigenvalue weighted by Gasteiger charge is 2.03. The van der Waals surface area contributed by atoms with Crippen molar-refractivity contribution < 1.29 is 0 Å². The second-order valence-electron chi connectivity index (χ2n) is 3.89. The monoisotopic (exact) mass is 250 g/mol. The molecular weight excluding hydrogens is 232 g/mol. The Morgan fingerprint density at radius 1 is 1.35 bits per heavy atom. The van der Waals surface area contributed by atoms with E-state index in [2.05, 4.69) is 39.9 Å². The first-order valence-electron chi connectivity index (χ1n) is 5.96. The summed E-state index contributed by atoms with van der Waals surface area (Å²) in [7, 11) is 0. The third-order valence-corrected chi connectivity index (χ3v) is 3.64. The molecule has 4 nitrogen and oxygen atoms in total. The molecule has 0 aliphatic heterocycles. The molecule has 0 radical (unpaired) electrons. The Hall–Kier alpha value is -1.20. The third kappa shape index (κ3) is 3.38. The number of hydrogen-bond acceptors (Lipinski definition) is 4. The molecule has 0 atom stereocenters. The summed E-state index contributed by atoms with van der Waals surface area (Å²) in [5, 5.41) is 4.41. The highest BCUT2D eigenvalue weighted by atomic mass is 32.1. The number of nitrogens with zero attached hydrogens (tertiary/aromatic N) is 3. The molecule has 0 aliphatic rings. The van der Waals surface area contributed by atoms with Gasteiger partial charge in [-0.1, -0.05) is 13.8 Å². The minimum absolute atomic E-state index is 0.823. The lowest BCUT2D eigenvalue weighted by Crippen LogP contribution is -2.11. The largest absolute Gasteiger partial charge is 0.330 e. The van der Waals surface area contributed by atoms with Gasteiger partial charge in [0.15, 0.2) is 0 Å². The van der Waals surface area contributed by atoms with Crippen LogP contribution in [-0.2, 0) is 19.5 Å². The first-order valence-corrected chi connectivity index (χ1v) is 6.78. The Bertz CT molecular complexity index is 461. The fraction of sp³-hybridized carbons (Fsp3) is 0.500. The summed E-state index contributed by atoms with van der Waals surface area (Å²) in [6.07, 6.45) is 6.99. The van der Waals surface area contributed by atoms with Crippen molar-refractivity contribution in [2.24, 2.45) is 0 Å². The molecule has 0 fully saturated rings. The molecule has 0 unspecified atom stereocenters. The van der Waals surface area contributed by atoms with Crippen LogP contribution in [0.3, 0.4) is 0 Å². The molecule has 92 valence electrons. The van der Waals surface area contributed by atoms with Crippen LogP contribution in [0, 0.1) is 0 Å². The van der Waals surface area contributed by atoms with Crippen LogP contribution in [0.2, 0.25) is 0 Å². The van der Waals surface area contributed by atoms with Gasteiger partial charge in [0.25, 0.3) is 0 Å². The Kier molecular flexibility index (Phi) is 4.28. The summed E-state index contributed by atoms with van der Waals surface area (Å²) in [5.41, 5.74) is 1.08. The van der Waals surface area contributed by atoms with Crippen LogP contribution in [0.25, 0.3) is 0 Å². The molecule has 0 aliphatic carbocycles. The maximum absolute atomic E-state index is 4.41. The molecule has 0 saturated heterocycles. The minimum Gasteiger partial charge on any atom is -0.330 e. The molecular formula is C12H18N4S. The van der Waals surface area contributed by atoms with Crippen molar-refractivity contribution in [3.63, 3.8) is 0 Å². The van der Waals surface area contributed by atoms with E-state index in [9.17, 15) is 0 Å². The molecule has 17 heavy (non-hydrogen) atoms. The molecule has 0 aromatic carbocycles. The van der Waals surface area contributed by atoms with Gasteiger partial charge in [-0.15, -0.1) is 11.3 Å². The molecule has 2 aromatic heterocycles. The van der Waals surface area contributed by atoms with Gasteiger partial charge in [0, 0.05) is 23.8 Å². The van der Waals surface area contributed by atoms with Crippen molar-refractivity contribution in [1.82, 2.24) is 19.9 Å². The predicted molar refractivity (Wildman–Crippen MR) is 70.2 cm³/mol. The summed E-state index contributed by atoms with van der Waals surface area (Å²) in [5.74, 6) is 0. The molecule has 0 spiro atoms. The molecule has 2 aromatic rings. The Morgan fingerprint density at radius 2 is 2.24 bits per heavy atom. The number of hydrogen-bond donors (Lipinski definition) is 1. The zero-order chi connectivity index (χ0) is 12.1. The van der Waals surface area contributed by atoms with E-state index in [0.29, 0.717) is 0 Å². The summed E-state index contributed by atoms with van der Waals surface area (Å²) in [6.45, 7) is 6.88. The van der Waals surface area contributed by atoms with Gasteiger partial charge in [-0.3, -0.25) is 0 Å². The summed E-state index contributed by atoms with van der Waals surface area (Å²) < 4.78 is 2.09. The van der Waals surface area contributed by atoms with Gasteiger partial charge in [-0.25, -0.2) is 9.97 Å². The highest BCUT2D eigenvalue weighted by Crippen LogP contribution is 2.14. The average molecular weight is 250 g/mol. The lowest BCUT2D eigenvalue weighted by atomic mass is 10.4. The van der Waals surface area contributed by atoms with Gasteiger partial charge < -0.3 is 9.88 Å². The van der Waals surface area contributed by atoms with Gasteiger partial charge in [0.05, 0.1) is 18.6 Å². The van der Waals surface area contributed by atoms with E-state index >= 15 is 0 Å². The number of thiazole rings is 1. The summed E-state index contributed by atoms with van der Waals surface area (Å²) >= 11 is 1.78. The number of aryl methyl sites for hydroxylation is 1. The SMILES string of the molecule is CCNCc1cn(Cc2ncc(CC)s2)cn1. The fourth-order valence-electron chi connectivity index (χ4n) is 1.58. The highest BCUT2D eigenvalue weighted by molar-refractivity contribution is 7.11. The van der Waals surface area contributed by atoms with Crippen LogP contribution >= 0.6 is 11.3 Å². The van der Waals surface area contributed by atoms with Crippen molar-refractivity contribution in [2.75, 3.05) is 6.54 Å². The quantitative estimate of drug-likeness (QED) is 0.853. The van der Waals surface area contributed by atoms with E-state index in [0.717, 1.165) is 36.8 Å². The number of nitrogens with one attached hydrogen (secondary N) is 1. The number of rotatable bonds is 6. The Labute approximate surface area is 106 Å². The Balaban J connectivity index is 1.96. The lowest BCUT2D eigenvalue weighted by Gasteiger charge is -1.97. The van der Waals surface area contributed by atoms with Crippen LogP contribution in [0.15, 0.2) is 18.7 Å². The smallest absolute Gasteiger partial charge is 0.113 e. The van der Waals surface area contributed by atoms with Crippen molar-refractivity contribution in [2.45, 2.75) is 33.4 Å².